The van der Waals surface area contributed by atoms with Crippen LogP contribution < -0.4 is 5.32 Å². The Labute approximate surface area is 97.1 Å². The zero-order valence-electron chi connectivity index (χ0n) is 10.4. The molecule has 1 heterocycles. The number of methoxy groups -OCH3 is 1. The summed E-state index contributed by atoms with van der Waals surface area (Å²) in [5.41, 5.74) is 0. The number of carbonyl (C=O) groups is 1. The Morgan fingerprint density at radius 3 is 2.94 bits per heavy atom. The van der Waals surface area contributed by atoms with E-state index in [2.05, 4.69) is 5.32 Å². The lowest BCUT2D eigenvalue weighted by molar-refractivity contribution is -0.139. The molecule has 1 aliphatic heterocycles. The van der Waals surface area contributed by atoms with Gasteiger partial charge in [-0.3, -0.25) is 4.79 Å². The van der Waals surface area contributed by atoms with Crippen LogP contribution in [0.2, 0.25) is 0 Å². The van der Waals surface area contributed by atoms with Crippen LogP contribution >= 0.6 is 0 Å². The maximum Gasteiger partial charge on any atom is 0.242 e. The Balaban J connectivity index is 2.53. The number of morpholine rings is 1. The molecule has 0 aromatic heterocycles. The minimum atomic E-state index is -0.201. The van der Waals surface area contributed by atoms with E-state index in [1.165, 1.54) is 0 Å². The number of ether oxygens (including phenoxy) is 2. The molecule has 1 fully saturated rings. The Bertz CT molecular complexity index is 217. The standard InChI is InChI=1S/C11H22N2O3/c1-4-13(9(2)7-15-3)11(14)10-8-16-6-5-12-10/h9-10,12H,4-8H2,1-3H3. The van der Waals surface area contributed by atoms with Crippen LogP contribution in [-0.4, -0.2) is 62.9 Å². The van der Waals surface area contributed by atoms with E-state index in [1.54, 1.807) is 7.11 Å². The second-order valence-corrected chi connectivity index (χ2v) is 4.01. The molecule has 0 spiro atoms. The highest BCUT2D eigenvalue weighted by Gasteiger charge is 2.27. The molecule has 1 aliphatic rings. The second-order valence-electron chi connectivity index (χ2n) is 4.01. The maximum atomic E-state index is 12.2. The van der Waals surface area contributed by atoms with Gasteiger partial charge in [0.05, 0.1) is 25.9 Å². The molecule has 1 rings (SSSR count). The molecule has 1 N–H and O–H groups in total. The third kappa shape index (κ3) is 3.43. The monoisotopic (exact) mass is 230 g/mol. The lowest BCUT2D eigenvalue weighted by Crippen LogP contribution is -2.55. The average Bonchev–Trinajstić information content (AvgIpc) is 2.31. The third-order valence-electron chi connectivity index (χ3n) is 2.78. The number of rotatable bonds is 5. The highest BCUT2D eigenvalue weighted by atomic mass is 16.5. The summed E-state index contributed by atoms with van der Waals surface area (Å²) in [4.78, 5) is 14.0. The van der Waals surface area contributed by atoms with Crippen LogP contribution in [-0.2, 0) is 14.3 Å². The number of carbonyl (C=O) groups excluding carboxylic acids is 1. The molecule has 0 bridgehead atoms. The van der Waals surface area contributed by atoms with Crippen molar-refractivity contribution in [1.29, 1.82) is 0 Å². The molecule has 5 heteroatoms. The smallest absolute Gasteiger partial charge is 0.242 e. The van der Waals surface area contributed by atoms with Gasteiger partial charge in [0.1, 0.15) is 6.04 Å². The molecule has 2 unspecified atom stereocenters. The Morgan fingerprint density at radius 2 is 2.44 bits per heavy atom. The minimum Gasteiger partial charge on any atom is -0.383 e. The summed E-state index contributed by atoms with van der Waals surface area (Å²) in [6, 6.07) is -0.0979. The normalized spacial score (nSPS) is 22.8. The van der Waals surface area contributed by atoms with Crippen LogP contribution in [0.4, 0.5) is 0 Å². The van der Waals surface area contributed by atoms with E-state index >= 15 is 0 Å². The fourth-order valence-electron chi connectivity index (χ4n) is 1.94. The van der Waals surface area contributed by atoms with Crippen molar-refractivity contribution in [3.8, 4) is 0 Å². The van der Waals surface area contributed by atoms with Gasteiger partial charge in [-0.05, 0) is 13.8 Å². The summed E-state index contributed by atoms with van der Waals surface area (Å²) in [5.74, 6) is 0.103. The summed E-state index contributed by atoms with van der Waals surface area (Å²) in [6.45, 7) is 7.13. The maximum absolute atomic E-state index is 12.2. The highest BCUT2D eigenvalue weighted by molar-refractivity contribution is 5.82. The summed E-state index contributed by atoms with van der Waals surface area (Å²) < 4.78 is 10.4. The van der Waals surface area contributed by atoms with Gasteiger partial charge in [0.25, 0.3) is 0 Å². The molecule has 1 saturated heterocycles. The van der Waals surface area contributed by atoms with Crippen LogP contribution in [0.25, 0.3) is 0 Å². The minimum absolute atomic E-state index is 0.103. The Kier molecular flexibility index (Phi) is 5.73. The van der Waals surface area contributed by atoms with E-state index in [1.807, 2.05) is 18.7 Å². The molecule has 0 aliphatic carbocycles. The van der Waals surface area contributed by atoms with Gasteiger partial charge in [-0.1, -0.05) is 0 Å². The number of hydrogen-bond donors (Lipinski definition) is 1. The van der Waals surface area contributed by atoms with Crippen molar-refractivity contribution in [3.63, 3.8) is 0 Å². The molecule has 1 amide bonds. The second kappa shape index (κ2) is 6.83. The van der Waals surface area contributed by atoms with Crippen LogP contribution in [0.1, 0.15) is 13.8 Å². The van der Waals surface area contributed by atoms with Gasteiger partial charge in [-0.25, -0.2) is 0 Å². The van der Waals surface area contributed by atoms with Crippen LogP contribution in [0.15, 0.2) is 0 Å². The van der Waals surface area contributed by atoms with Crippen LogP contribution in [0.5, 0.6) is 0 Å². The largest absolute Gasteiger partial charge is 0.383 e. The van der Waals surface area contributed by atoms with Gasteiger partial charge >= 0.3 is 0 Å². The molecule has 0 saturated carbocycles. The third-order valence-corrected chi connectivity index (χ3v) is 2.78. The first kappa shape index (κ1) is 13.4. The molecule has 0 radical (unpaired) electrons. The van der Waals surface area contributed by atoms with E-state index in [-0.39, 0.29) is 18.0 Å². The number of hydrogen-bond acceptors (Lipinski definition) is 4. The lowest BCUT2D eigenvalue weighted by atomic mass is 10.2. The summed E-state index contributed by atoms with van der Waals surface area (Å²) in [5, 5.41) is 3.17. The van der Waals surface area contributed by atoms with Crippen molar-refractivity contribution in [3.05, 3.63) is 0 Å². The number of nitrogens with one attached hydrogen (secondary N) is 1. The summed E-state index contributed by atoms with van der Waals surface area (Å²) >= 11 is 0. The zero-order chi connectivity index (χ0) is 12.0. The van der Waals surface area contributed by atoms with E-state index < -0.39 is 0 Å². The molecule has 5 nitrogen and oxygen atoms in total. The van der Waals surface area contributed by atoms with E-state index in [0.717, 1.165) is 6.54 Å². The molecule has 2 atom stereocenters. The van der Waals surface area contributed by atoms with Crippen LogP contribution in [0, 0.1) is 0 Å². The van der Waals surface area contributed by atoms with Gasteiger partial charge in [0, 0.05) is 20.2 Å². The molecular weight excluding hydrogens is 208 g/mol. The van der Waals surface area contributed by atoms with Crippen molar-refractivity contribution in [2.75, 3.05) is 40.0 Å². The molecule has 94 valence electrons. The first-order valence-electron chi connectivity index (χ1n) is 5.81. The van der Waals surface area contributed by atoms with Gasteiger partial charge < -0.3 is 19.7 Å². The molecular formula is C11H22N2O3. The van der Waals surface area contributed by atoms with E-state index in [4.69, 9.17) is 9.47 Å². The van der Waals surface area contributed by atoms with Crippen molar-refractivity contribution in [2.24, 2.45) is 0 Å². The van der Waals surface area contributed by atoms with Crippen molar-refractivity contribution >= 4 is 5.91 Å². The number of likely N-dealkylation sites (N-methyl/N-ethyl adjacent to an activating group) is 1. The summed E-state index contributed by atoms with van der Waals surface area (Å²) in [7, 11) is 1.65. The van der Waals surface area contributed by atoms with Crippen molar-refractivity contribution in [1.82, 2.24) is 10.2 Å². The zero-order valence-corrected chi connectivity index (χ0v) is 10.4. The van der Waals surface area contributed by atoms with Gasteiger partial charge in [-0.2, -0.15) is 0 Å². The van der Waals surface area contributed by atoms with Crippen LogP contribution in [0.3, 0.4) is 0 Å². The van der Waals surface area contributed by atoms with Crippen molar-refractivity contribution in [2.45, 2.75) is 25.9 Å². The fraction of sp³-hybridized carbons (Fsp3) is 0.909. The van der Waals surface area contributed by atoms with Crippen molar-refractivity contribution < 1.29 is 14.3 Å². The topological polar surface area (TPSA) is 50.8 Å². The Morgan fingerprint density at radius 1 is 1.69 bits per heavy atom. The number of nitrogens with zero attached hydrogens (tertiary/aromatic N) is 1. The predicted octanol–water partition coefficient (Wildman–Crippen LogP) is -0.142. The summed E-state index contributed by atoms with van der Waals surface area (Å²) in [6.07, 6.45) is 0. The first-order chi connectivity index (χ1) is 7.70. The van der Waals surface area contributed by atoms with Gasteiger partial charge in [0.15, 0.2) is 0 Å². The quantitative estimate of drug-likeness (QED) is 0.714. The first-order valence-corrected chi connectivity index (χ1v) is 5.81. The van der Waals surface area contributed by atoms with E-state index in [9.17, 15) is 4.79 Å². The van der Waals surface area contributed by atoms with E-state index in [0.29, 0.717) is 26.4 Å². The highest BCUT2D eigenvalue weighted by Crippen LogP contribution is 2.05. The SMILES string of the molecule is CCN(C(=O)C1COCCN1)C(C)COC. The van der Waals surface area contributed by atoms with Gasteiger partial charge in [-0.15, -0.1) is 0 Å². The Hall–Kier alpha value is -0.650. The number of amides is 1. The molecule has 0 aromatic rings. The molecule has 0 aromatic carbocycles. The predicted molar refractivity (Wildman–Crippen MR) is 61.3 cm³/mol. The van der Waals surface area contributed by atoms with Gasteiger partial charge in [0.2, 0.25) is 5.91 Å². The fourth-order valence-corrected chi connectivity index (χ4v) is 1.94. The molecule has 16 heavy (non-hydrogen) atoms. The lowest BCUT2D eigenvalue weighted by Gasteiger charge is -2.33. The average molecular weight is 230 g/mol.